The number of carbonyl (C=O) groups excluding carboxylic acids is 1. The molecular weight excluding hydrogens is 545 g/mol. The normalized spacial score (nSPS) is 21.6. The molecule has 0 spiro atoms. The van der Waals surface area contributed by atoms with E-state index in [4.69, 9.17) is 0 Å². The highest BCUT2D eigenvalue weighted by Gasteiger charge is 2.48. The summed E-state index contributed by atoms with van der Waals surface area (Å²) in [5.41, 5.74) is 0.192. The molecule has 0 saturated carbocycles. The molecule has 4 heterocycles. The Morgan fingerprint density at radius 2 is 1.79 bits per heavy atom. The lowest BCUT2D eigenvalue weighted by Crippen LogP contribution is -2.44. The molecule has 14 heteroatoms. The number of hydrogen-bond donors (Lipinski definition) is 0. The third kappa shape index (κ3) is 4.87. The predicted octanol–water partition coefficient (Wildman–Crippen LogP) is 4.10. The second-order valence-electron chi connectivity index (χ2n) is 10.9. The summed E-state index contributed by atoms with van der Waals surface area (Å²) in [6, 6.07) is -0.570. The second-order valence-corrected chi connectivity index (χ2v) is 13.2. The highest BCUT2D eigenvalue weighted by atomic mass is 32.2. The predicted molar refractivity (Wildman–Crippen MR) is 130 cm³/mol. The molecule has 0 bridgehead atoms. The van der Waals surface area contributed by atoms with Gasteiger partial charge in [-0.25, -0.2) is 22.3 Å². The third-order valence-electron chi connectivity index (χ3n) is 7.70. The maximum atomic E-state index is 15.5. The molecule has 1 aliphatic carbocycles. The number of aromatic nitrogens is 4. The first-order valence-electron chi connectivity index (χ1n) is 12.3. The molecule has 0 aromatic carbocycles. The van der Waals surface area contributed by atoms with Gasteiger partial charge in [-0.3, -0.25) is 9.78 Å². The van der Waals surface area contributed by atoms with Gasteiger partial charge >= 0.3 is 6.18 Å². The summed E-state index contributed by atoms with van der Waals surface area (Å²) in [5.74, 6) is -4.66. The van der Waals surface area contributed by atoms with Crippen molar-refractivity contribution in [2.45, 2.75) is 56.7 Å². The Balaban J connectivity index is 1.48. The number of amides is 1. The van der Waals surface area contributed by atoms with Crippen LogP contribution < -0.4 is 0 Å². The zero-order valence-electron chi connectivity index (χ0n) is 21.3. The van der Waals surface area contributed by atoms with Crippen molar-refractivity contribution in [1.29, 1.82) is 0 Å². The van der Waals surface area contributed by atoms with Crippen molar-refractivity contribution < 1.29 is 35.2 Å². The molecule has 210 valence electrons. The lowest BCUT2D eigenvalue weighted by Gasteiger charge is -2.34. The van der Waals surface area contributed by atoms with E-state index in [9.17, 15) is 30.8 Å². The minimum absolute atomic E-state index is 0.0695. The Morgan fingerprint density at radius 1 is 1.13 bits per heavy atom. The van der Waals surface area contributed by atoms with Gasteiger partial charge in [-0.05, 0) is 25.3 Å². The van der Waals surface area contributed by atoms with Crippen LogP contribution in [-0.4, -0.2) is 63.5 Å². The lowest BCUT2D eigenvalue weighted by atomic mass is 9.87. The average Bonchev–Trinajstić information content (AvgIpc) is 3.33. The van der Waals surface area contributed by atoms with E-state index >= 15 is 4.39 Å². The molecule has 2 atom stereocenters. The number of carbonyl (C=O) groups is 1. The number of pyridine rings is 1. The van der Waals surface area contributed by atoms with E-state index in [1.165, 1.54) is 16.8 Å². The van der Waals surface area contributed by atoms with E-state index in [0.717, 1.165) is 19.3 Å². The Morgan fingerprint density at radius 3 is 2.41 bits per heavy atom. The molecule has 1 aliphatic heterocycles. The molecule has 3 aromatic heterocycles. The zero-order valence-corrected chi connectivity index (χ0v) is 22.2. The Labute approximate surface area is 221 Å². The molecule has 1 fully saturated rings. The van der Waals surface area contributed by atoms with E-state index in [1.807, 2.05) is 13.8 Å². The van der Waals surface area contributed by atoms with Crippen molar-refractivity contribution in [3.63, 3.8) is 0 Å². The molecule has 0 radical (unpaired) electrons. The number of sulfone groups is 1. The van der Waals surface area contributed by atoms with Crippen LogP contribution in [0, 0.1) is 17.7 Å². The monoisotopic (exact) mass is 571 g/mol. The Hall–Kier alpha value is -3.16. The zero-order chi connectivity index (χ0) is 28.5. The van der Waals surface area contributed by atoms with Gasteiger partial charge in [0, 0.05) is 53.9 Å². The Bertz CT molecular complexity index is 1560. The van der Waals surface area contributed by atoms with Crippen LogP contribution in [-0.2, 0) is 20.0 Å². The van der Waals surface area contributed by atoms with Crippen molar-refractivity contribution in [2.75, 3.05) is 18.6 Å². The molecule has 39 heavy (non-hydrogen) atoms. The van der Waals surface area contributed by atoms with Crippen molar-refractivity contribution in [2.24, 2.45) is 5.92 Å². The van der Waals surface area contributed by atoms with Crippen LogP contribution in [0.4, 0.5) is 22.0 Å². The van der Waals surface area contributed by atoms with E-state index in [1.54, 1.807) is 0 Å². The Kier molecular flexibility index (Phi) is 6.47. The van der Waals surface area contributed by atoms with Crippen LogP contribution in [0.2, 0.25) is 0 Å². The van der Waals surface area contributed by atoms with E-state index in [2.05, 4.69) is 15.1 Å². The van der Waals surface area contributed by atoms with Crippen LogP contribution in [0.3, 0.4) is 0 Å². The van der Waals surface area contributed by atoms with Crippen LogP contribution in [0.1, 0.15) is 67.6 Å². The summed E-state index contributed by atoms with van der Waals surface area (Å²) in [5, 5.41) is 3.86. The number of halogens is 5. The van der Waals surface area contributed by atoms with Gasteiger partial charge in [-0.1, -0.05) is 13.8 Å². The summed E-state index contributed by atoms with van der Waals surface area (Å²) in [6.07, 6.45) is -2.35. The number of rotatable bonds is 4. The highest BCUT2D eigenvalue weighted by Crippen LogP contribution is 2.49. The minimum atomic E-state index is -4.94. The fraction of sp³-hybridized carbons (Fsp3) is 0.520. The van der Waals surface area contributed by atoms with Crippen molar-refractivity contribution >= 4 is 21.4 Å². The van der Waals surface area contributed by atoms with Gasteiger partial charge in [0.2, 0.25) is 11.9 Å². The fourth-order valence-electron chi connectivity index (χ4n) is 5.87. The summed E-state index contributed by atoms with van der Waals surface area (Å²) >= 11 is 0. The average molecular weight is 572 g/mol. The maximum absolute atomic E-state index is 15.5. The quantitative estimate of drug-likeness (QED) is 0.438. The topological polar surface area (TPSA) is 97.5 Å². The maximum Gasteiger partial charge on any atom is 0.413 e. The molecule has 2 aliphatic rings. The molecular formula is C25H26F5N5O3S. The van der Waals surface area contributed by atoms with E-state index in [0.29, 0.717) is 22.6 Å². The molecule has 8 nitrogen and oxygen atoms in total. The second kappa shape index (κ2) is 9.20. The first kappa shape index (κ1) is 27.4. The van der Waals surface area contributed by atoms with Gasteiger partial charge in [0.25, 0.3) is 0 Å². The molecule has 1 amide bonds. The van der Waals surface area contributed by atoms with Crippen LogP contribution in [0.5, 0.6) is 0 Å². The van der Waals surface area contributed by atoms with Gasteiger partial charge in [0.1, 0.15) is 15.7 Å². The van der Waals surface area contributed by atoms with Crippen molar-refractivity contribution in [3.05, 3.63) is 58.8 Å². The van der Waals surface area contributed by atoms with Gasteiger partial charge in [-0.15, -0.1) is 5.10 Å². The standard InChI is InChI=1S/C25H26F5N5O3S/c1-24(2)10-15(16-12-31-19-9-18(27)33-35(19)22(16)24)20-17(26)8-14(11-32-20)21(25(28,29)30)34(3)23(36)13-4-6-39(37,38)7-5-13/h8-9,11-13,15,21H,4-7,10H2,1-3H3/t15-,21+/m0/s1. The molecule has 1 saturated heterocycles. The fourth-order valence-corrected chi connectivity index (χ4v) is 7.36. The largest absolute Gasteiger partial charge is 0.413 e. The SMILES string of the molecule is CN(C(=O)C1CCS(=O)(=O)CC1)[C@H](c1cnc([C@H]2CC(C)(C)c3c2cnc2cc(F)nn32)c(F)c1)C(F)(F)F. The van der Waals surface area contributed by atoms with Gasteiger partial charge < -0.3 is 4.90 Å². The summed E-state index contributed by atoms with van der Waals surface area (Å²) in [4.78, 5) is 21.7. The molecule has 0 N–H and O–H groups in total. The number of fused-ring (bicyclic) bond motifs is 3. The van der Waals surface area contributed by atoms with Crippen LogP contribution in [0.25, 0.3) is 5.65 Å². The summed E-state index contributed by atoms with van der Waals surface area (Å²) in [6.45, 7) is 3.74. The molecule has 3 aromatic rings. The lowest BCUT2D eigenvalue weighted by molar-refractivity contribution is -0.190. The van der Waals surface area contributed by atoms with E-state index < -0.39 is 62.5 Å². The molecule has 5 rings (SSSR count). The highest BCUT2D eigenvalue weighted by molar-refractivity contribution is 7.91. The van der Waals surface area contributed by atoms with E-state index in [-0.39, 0.29) is 35.7 Å². The summed E-state index contributed by atoms with van der Waals surface area (Å²) < 4.78 is 96.7. The summed E-state index contributed by atoms with van der Waals surface area (Å²) in [7, 11) is -2.34. The van der Waals surface area contributed by atoms with Crippen LogP contribution >= 0.6 is 0 Å². The first-order valence-corrected chi connectivity index (χ1v) is 14.1. The first-order chi connectivity index (χ1) is 18.1. The number of hydrogen-bond acceptors (Lipinski definition) is 6. The third-order valence-corrected chi connectivity index (χ3v) is 9.41. The number of nitrogens with zero attached hydrogens (tertiary/aromatic N) is 5. The van der Waals surface area contributed by atoms with Crippen molar-refractivity contribution in [3.8, 4) is 0 Å². The van der Waals surface area contributed by atoms with Crippen molar-refractivity contribution in [1.82, 2.24) is 24.5 Å². The van der Waals surface area contributed by atoms with Gasteiger partial charge in [0.15, 0.2) is 11.7 Å². The van der Waals surface area contributed by atoms with Gasteiger partial charge in [0.05, 0.1) is 22.9 Å². The molecule has 0 unspecified atom stereocenters. The minimum Gasteiger partial charge on any atom is -0.330 e. The van der Waals surface area contributed by atoms with Crippen LogP contribution in [0.15, 0.2) is 24.5 Å². The number of alkyl halides is 3. The smallest absolute Gasteiger partial charge is 0.330 e. The van der Waals surface area contributed by atoms with Gasteiger partial charge in [-0.2, -0.15) is 17.6 Å².